The summed E-state index contributed by atoms with van der Waals surface area (Å²) in [5, 5.41) is 4.24. The standard InChI is InChI=1S/C22H28ClNO4/c1-16(24-14-21(26-2)18-5-4-6-19(23)13-18)7-8-17-9-11-20(12-10-17)28-15-22(25)27-3/h4-6,9-13,16,21,24H,7-8,14-15H2,1-3H3. The Labute approximate surface area is 171 Å². The van der Waals surface area contributed by atoms with Crippen LogP contribution in [0.25, 0.3) is 0 Å². The lowest BCUT2D eigenvalue weighted by molar-refractivity contribution is -0.142. The predicted molar refractivity (Wildman–Crippen MR) is 111 cm³/mol. The maximum absolute atomic E-state index is 11.1. The average molecular weight is 406 g/mol. The molecule has 0 saturated heterocycles. The fraction of sp³-hybridized carbons (Fsp3) is 0.409. The number of methoxy groups -OCH3 is 2. The lowest BCUT2D eigenvalue weighted by atomic mass is 10.1. The van der Waals surface area contributed by atoms with Gasteiger partial charge in [-0.05, 0) is 55.2 Å². The van der Waals surface area contributed by atoms with Crippen molar-refractivity contribution in [1.82, 2.24) is 5.32 Å². The molecule has 0 aliphatic rings. The van der Waals surface area contributed by atoms with Gasteiger partial charge < -0.3 is 19.5 Å². The third-order valence-corrected chi connectivity index (χ3v) is 4.77. The van der Waals surface area contributed by atoms with Crippen molar-refractivity contribution in [3.8, 4) is 5.75 Å². The van der Waals surface area contributed by atoms with Gasteiger partial charge in [-0.25, -0.2) is 4.79 Å². The maximum Gasteiger partial charge on any atom is 0.343 e. The van der Waals surface area contributed by atoms with Crippen LogP contribution in [0.4, 0.5) is 0 Å². The number of benzene rings is 2. The van der Waals surface area contributed by atoms with Gasteiger partial charge in [0.15, 0.2) is 6.61 Å². The number of rotatable bonds is 11. The highest BCUT2D eigenvalue weighted by Crippen LogP contribution is 2.20. The van der Waals surface area contributed by atoms with E-state index in [0.717, 1.165) is 24.9 Å². The lowest BCUT2D eigenvalue weighted by Crippen LogP contribution is -2.31. The molecule has 28 heavy (non-hydrogen) atoms. The van der Waals surface area contributed by atoms with Gasteiger partial charge >= 0.3 is 5.97 Å². The first-order chi connectivity index (χ1) is 13.5. The molecule has 0 saturated carbocycles. The summed E-state index contributed by atoms with van der Waals surface area (Å²) < 4.78 is 15.5. The molecule has 5 nitrogen and oxygen atoms in total. The minimum atomic E-state index is -0.392. The van der Waals surface area contributed by atoms with Crippen molar-refractivity contribution >= 4 is 17.6 Å². The van der Waals surface area contributed by atoms with Crippen molar-refractivity contribution in [3.63, 3.8) is 0 Å². The van der Waals surface area contributed by atoms with Gasteiger partial charge in [-0.15, -0.1) is 0 Å². The molecule has 2 aromatic rings. The van der Waals surface area contributed by atoms with E-state index in [1.165, 1.54) is 12.7 Å². The molecule has 2 unspecified atom stereocenters. The molecule has 0 heterocycles. The second-order valence-corrected chi connectivity index (χ2v) is 7.07. The van der Waals surface area contributed by atoms with Crippen molar-refractivity contribution in [2.45, 2.75) is 31.9 Å². The molecule has 6 heteroatoms. The molecule has 0 aliphatic heterocycles. The second kappa shape index (κ2) is 11.7. The first-order valence-corrected chi connectivity index (χ1v) is 9.69. The number of esters is 1. The Kier molecular flexibility index (Phi) is 9.28. The number of ether oxygens (including phenoxy) is 3. The molecule has 2 aromatic carbocycles. The summed E-state index contributed by atoms with van der Waals surface area (Å²) >= 11 is 6.07. The Balaban J connectivity index is 1.75. The largest absolute Gasteiger partial charge is 0.482 e. The SMILES string of the molecule is COC(=O)COc1ccc(CCC(C)NCC(OC)c2cccc(Cl)c2)cc1. The Bertz CT molecular complexity index is 736. The van der Waals surface area contributed by atoms with E-state index in [1.54, 1.807) is 7.11 Å². The first kappa shape index (κ1) is 22.2. The Hall–Kier alpha value is -2.08. The molecule has 0 spiro atoms. The fourth-order valence-electron chi connectivity index (χ4n) is 2.79. The van der Waals surface area contributed by atoms with Crippen LogP contribution in [-0.2, 0) is 20.7 Å². The summed E-state index contributed by atoms with van der Waals surface area (Å²) in [5.41, 5.74) is 2.29. The smallest absolute Gasteiger partial charge is 0.343 e. The van der Waals surface area contributed by atoms with Crippen LogP contribution in [-0.4, -0.2) is 39.4 Å². The number of hydrogen-bond acceptors (Lipinski definition) is 5. The van der Waals surface area contributed by atoms with Gasteiger partial charge in [0.2, 0.25) is 0 Å². The van der Waals surface area contributed by atoms with E-state index >= 15 is 0 Å². The third kappa shape index (κ3) is 7.50. The fourth-order valence-corrected chi connectivity index (χ4v) is 2.99. The molecular formula is C22H28ClNO4. The molecule has 0 aliphatic carbocycles. The van der Waals surface area contributed by atoms with Crippen LogP contribution in [0.15, 0.2) is 48.5 Å². The minimum Gasteiger partial charge on any atom is -0.482 e. The number of carbonyl (C=O) groups excluding carboxylic acids is 1. The molecule has 0 radical (unpaired) electrons. The van der Waals surface area contributed by atoms with Gasteiger partial charge in [-0.2, -0.15) is 0 Å². The highest BCUT2D eigenvalue weighted by atomic mass is 35.5. The maximum atomic E-state index is 11.1. The van der Waals surface area contributed by atoms with Crippen molar-refractivity contribution < 1.29 is 19.0 Å². The average Bonchev–Trinajstić information content (AvgIpc) is 2.71. The van der Waals surface area contributed by atoms with E-state index in [-0.39, 0.29) is 12.7 Å². The molecular weight excluding hydrogens is 378 g/mol. The second-order valence-electron chi connectivity index (χ2n) is 6.64. The van der Waals surface area contributed by atoms with Crippen molar-refractivity contribution in [2.24, 2.45) is 0 Å². The van der Waals surface area contributed by atoms with Gasteiger partial charge in [0.25, 0.3) is 0 Å². The summed E-state index contributed by atoms with van der Waals surface area (Å²) in [5.74, 6) is 0.265. The molecule has 0 amide bonds. The zero-order valence-electron chi connectivity index (χ0n) is 16.6. The number of nitrogens with one attached hydrogen (secondary N) is 1. The van der Waals surface area contributed by atoms with Crippen molar-refractivity contribution in [2.75, 3.05) is 27.4 Å². The number of carbonyl (C=O) groups is 1. The highest BCUT2D eigenvalue weighted by Gasteiger charge is 2.12. The molecule has 0 bridgehead atoms. The van der Waals surface area contributed by atoms with Crippen LogP contribution in [0.1, 0.15) is 30.6 Å². The Morgan fingerprint density at radius 1 is 1.14 bits per heavy atom. The van der Waals surface area contributed by atoms with Crippen LogP contribution in [0.2, 0.25) is 5.02 Å². The third-order valence-electron chi connectivity index (χ3n) is 4.53. The van der Waals surface area contributed by atoms with Gasteiger partial charge in [0, 0.05) is 24.7 Å². The predicted octanol–water partition coefficient (Wildman–Crippen LogP) is 4.19. The van der Waals surface area contributed by atoms with Crippen LogP contribution < -0.4 is 10.1 Å². The molecule has 2 rings (SSSR count). The highest BCUT2D eigenvalue weighted by molar-refractivity contribution is 6.30. The van der Waals surface area contributed by atoms with Gasteiger partial charge in [-0.3, -0.25) is 0 Å². The topological polar surface area (TPSA) is 56.8 Å². The van der Waals surface area contributed by atoms with Gasteiger partial charge in [-0.1, -0.05) is 35.9 Å². The van der Waals surface area contributed by atoms with Crippen LogP contribution >= 0.6 is 11.6 Å². The minimum absolute atomic E-state index is 0.0348. The van der Waals surface area contributed by atoms with E-state index in [0.29, 0.717) is 16.8 Å². The van der Waals surface area contributed by atoms with E-state index in [4.69, 9.17) is 21.1 Å². The Morgan fingerprint density at radius 3 is 2.54 bits per heavy atom. The van der Waals surface area contributed by atoms with Crippen molar-refractivity contribution in [1.29, 1.82) is 0 Å². The molecule has 0 fully saturated rings. The lowest BCUT2D eigenvalue weighted by Gasteiger charge is -2.20. The number of aryl methyl sites for hydroxylation is 1. The zero-order valence-corrected chi connectivity index (χ0v) is 17.4. The molecule has 1 N–H and O–H groups in total. The quantitative estimate of drug-likeness (QED) is 0.568. The van der Waals surface area contributed by atoms with E-state index < -0.39 is 5.97 Å². The van der Waals surface area contributed by atoms with Crippen LogP contribution in [0.5, 0.6) is 5.75 Å². The normalized spacial score (nSPS) is 13.0. The summed E-state index contributed by atoms with van der Waals surface area (Å²) in [4.78, 5) is 11.1. The van der Waals surface area contributed by atoms with E-state index in [9.17, 15) is 4.79 Å². The molecule has 0 aromatic heterocycles. The van der Waals surface area contributed by atoms with Crippen molar-refractivity contribution in [3.05, 3.63) is 64.7 Å². The Morgan fingerprint density at radius 2 is 1.89 bits per heavy atom. The number of hydrogen-bond donors (Lipinski definition) is 1. The summed E-state index contributed by atoms with van der Waals surface area (Å²) in [6.45, 7) is 2.81. The van der Waals surface area contributed by atoms with E-state index in [2.05, 4.69) is 17.0 Å². The first-order valence-electron chi connectivity index (χ1n) is 9.32. The molecule has 152 valence electrons. The van der Waals surface area contributed by atoms with Gasteiger partial charge in [0.05, 0.1) is 13.2 Å². The van der Waals surface area contributed by atoms with Crippen LogP contribution in [0, 0.1) is 0 Å². The number of halogens is 1. The van der Waals surface area contributed by atoms with Gasteiger partial charge in [0.1, 0.15) is 5.75 Å². The van der Waals surface area contributed by atoms with Crippen LogP contribution in [0.3, 0.4) is 0 Å². The summed E-state index contributed by atoms with van der Waals surface area (Å²) in [6.07, 6.45) is 1.90. The molecule has 2 atom stereocenters. The zero-order chi connectivity index (χ0) is 20.4. The monoisotopic (exact) mass is 405 g/mol. The van der Waals surface area contributed by atoms with E-state index in [1.807, 2.05) is 48.5 Å². The summed E-state index contributed by atoms with van der Waals surface area (Å²) in [7, 11) is 3.05. The summed E-state index contributed by atoms with van der Waals surface area (Å²) in [6, 6.07) is 15.9.